The van der Waals surface area contributed by atoms with Crippen LogP contribution in [0.4, 0.5) is 0 Å². The topological polar surface area (TPSA) is 17.1 Å². The summed E-state index contributed by atoms with van der Waals surface area (Å²) in [6.07, 6.45) is 0. The van der Waals surface area contributed by atoms with E-state index in [-0.39, 0.29) is 5.78 Å². The molecular formula is C16H30O. The predicted molar refractivity (Wildman–Crippen MR) is 80.0 cm³/mol. The molecule has 0 heterocycles. The maximum atomic E-state index is 11.0. The van der Waals surface area contributed by atoms with Crippen molar-refractivity contribution in [2.45, 2.75) is 62.3 Å². The molecule has 1 aromatic rings. The Morgan fingerprint density at radius 1 is 0.882 bits per heavy atom. The molecule has 0 N–H and O–H groups in total. The van der Waals surface area contributed by atoms with Crippen LogP contribution >= 0.6 is 0 Å². The summed E-state index contributed by atoms with van der Waals surface area (Å²) in [5.41, 5.74) is 3.10. The zero-order chi connectivity index (χ0) is 14.4. The Labute approximate surface area is 108 Å². The highest BCUT2D eigenvalue weighted by Crippen LogP contribution is 2.10. The van der Waals surface area contributed by atoms with Crippen LogP contribution in [0.5, 0.6) is 0 Å². The van der Waals surface area contributed by atoms with Crippen molar-refractivity contribution in [2.24, 2.45) is 0 Å². The number of carbonyl (C=O) groups excluding carboxylic acids is 1. The normalized spacial score (nSPS) is 7.35. The first kappa shape index (κ1) is 21.2. The van der Waals surface area contributed by atoms with Crippen molar-refractivity contribution in [3.8, 4) is 0 Å². The summed E-state index contributed by atoms with van der Waals surface area (Å²) >= 11 is 0. The van der Waals surface area contributed by atoms with Gasteiger partial charge < -0.3 is 0 Å². The Morgan fingerprint density at radius 3 is 1.59 bits per heavy atom. The minimum atomic E-state index is 0.141. The van der Waals surface area contributed by atoms with Gasteiger partial charge in [0.05, 0.1) is 0 Å². The molecule has 0 aliphatic rings. The van der Waals surface area contributed by atoms with Crippen LogP contribution in [0.2, 0.25) is 0 Å². The molecule has 0 bridgehead atoms. The van der Waals surface area contributed by atoms with Gasteiger partial charge in [-0.05, 0) is 26.3 Å². The second-order valence-electron chi connectivity index (χ2n) is 2.87. The van der Waals surface area contributed by atoms with Crippen molar-refractivity contribution in [3.05, 3.63) is 34.9 Å². The van der Waals surface area contributed by atoms with E-state index in [0.29, 0.717) is 0 Å². The van der Waals surface area contributed by atoms with Gasteiger partial charge >= 0.3 is 0 Å². The number of Topliss-reactive ketones (excluding diaryl/α,β-unsaturated/α-hetero) is 1. The molecule has 0 radical (unpaired) electrons. The fourth-order valence-corrected chi connectivity index (χ4v) is 1.21. The van der Waals surface area contributed by atoms with E-state index in [2.05, 4.69) is 0 Å². The Balaban J connectivity index is -0.000000285. The summed E-state index contributed by atoms with van der Waals surface area (Å²) < 4.78 is 0. The number of hydrogen-bond donors (Lipinski definition) is 0. The van der Waals surface area contributed by atoms with Crippen LogP contribution in [0.15, 0.2) is 18.2 Å². The smallest absolute Gasteiger partial charge is 0.160 e. The van der Waals surface area contributed by atoms with Crippen molar-refractivity contribution in [2.75, 3.05) is 0 Å². The summed E-state index contributed by atoms with van der Waals surface area (Å²) in [7, 11) is 0. The largest absolute Gasteiger partial charge is 0.295 e. The average Bonchev–Trinajstić information content (AvgIpc) is 2.36. The highest BCUT2D eigenvalue weighted by atomic mass is 16.1. The number of hydrogen-bond acceptors (Lipinski definition) is 1. The highest BCUT2D eigenvalue weighted by molar-refractivity contribution is 5.95. The summed E-state index contributed by atoms with van der Waals surface area (Å²) in [5.74, 6) is 0.141. The highest BCUT2D eigenvalue weighted by Gasteiger charge is 2.01. The van der Waals surface area contributed by atoms with Crippen LogP contribution in [-0.2, 0) is 0 Å². The van der Waals surface area contributed by atoms with E-state index < -0.39 is 0 Å². The maximum absolute atomic E-state index is 11.0. The lowest BCUT2D eigenvalue weighted by Gasteiger charge is -2.01. The van der Waals surface area contributed by atoms with Crippen LogP contribution in [0.25, 0.3) is 0 Å². The number of ketones is 1. The Morgan fingerprint density at radius 2 is 1.29 bits per heavy atom. The first-order chi connectivity index (χ1) is 8.11. The van der Waals surface area contributed by atoms with E-state index in [0.717, 1.165) is 11.1 Å². The summed E-state index contributed by atoms with van der Waals surface area (Å²) in [6, 6.07) is 5.87. The van der Waals surface area contributed by atoms with Gasteiger partial charge in [-0.25, -0.2) is 0 Å². The summed E-state index contributed by atoms with van der Waals surface area (Å²) in [5, 5.41) is 0. The van der Waals surface area contributed by atoms with E-state index in [1.807, 2.05) is 73.6 Å². The van der Waals surface area contributed by atoms with Crippen molar-refractivity contribution >= 4 is 5.78 Å². The van der Waals surface area contributed by atoms with Crippen molar-refractivity contribution in [1.82, 2.24) is 0 Å². The Kier molecular flexibility index (Phi) is 18.6. The first-order valence-corrected chi connectivity index (χ1v) is 6.69. The van der Waals surface area contributed by atoms with Gasteiger partial charge in [0.15, 0.2) is 5.78 Å². The molecule has 17 heavy (non-hydrogen) atoms. The third-order valence-corrected chi connectivity index (χ3v) is 1.76. The molecule has 0 saturated heterocycles. The minimum Gasteiger partial charge on any atom is -0.295 e. The number of rotatable bonds is 1. The van der Waals surface area contributed by atoms with Crippen LogP contribution < -0.4 is 0 Å². The second-order valence-corrected chi connectivity index (χ2v) is 2.87. The number of aryl methyl sites for hydroxylation is 2. The van der Waals surface area contributed by atoms with Crippen molar-refractivity contribution in [1.29, 1.82) is 0 Å². The molecule has 1 rings (SSSR count). The SMILES string of the molecule is CC.CC.CC.CC(=O)c1ccc(C)cc1C. The van der Waals surface area contributed by atoms with E-state index in [4.69, 9.17) is 0 Å². The van der Waals surface area contributed by atoms with E-state index in [1.165, 1.54) is 5.56 Å². The van der Waals surface area contributed by atoms with Crippen LogP contribution in [0, 0.1) is 13.8 Å². The van der Waals surface area contributed by atoms with E-state index in [9.17, 15) is 4.79 Å². The Hall–Kier alpha value is -1.11. The quantitative estimate of drug-likeness (QED) is 0.583. The minimum absolute atomic E-state index is 0.141. The molecule has 0 aromatic heterocycles. The number of carbonyl (C=O) groups is 1. The Bertz CT molecular complexity index is 288. The van der Waals surface area contributed by atoms with E-state index >= 15 is 0 Å². The number of benzene rings is 1. The zero-order valence-electron chi connectivity index (χ0n) is 13.1. The molecule has 0 aliphatic carbocycles. The third-order valence-electron chi connectivity index (χ3n) is 1.76. The van der Waals surface area contributed by atoms with Gasteiger partial charge in [-0.2, -0.15) is 0 Å². The van der Waals surface area contributed by atoms with Crippen LogP contribution in [-0.4, -0.2) is 5.78 Å². The monoisotopic (exact) mass is 238 g/mol. The fraction of sp³-hybridized carbons (Fsp3) is 0.562. The molecule has 1 heteroatoms. The lowest BCUT2D eigenvalue weighted by atomic mass is 10.0. The molecule has 1 aromatic carbocycles. The van der Waals surface area contributed by atoms with Crippen LogP contribution in [0.3, 0.4) is 0 Å². The van der Waals surface area contributed by atoms with Gasteiger partial charge in [-0.3, -0.25) is 4.79 Å². The summed E-state index contributed by atoms with van der Waals surface area (Å²) in [4.78, 5) is 11.0. The second kappa shape index (κ2) is 14.9. The van der Waals surface area contributed by atoms with Gasteiger partial charge in [0.25, 0.3) is 0 Å². The van der Waals surface area contributed by atoms with Crippen LogP contribution in [0.1, 0.15) is 70.0 Å². The maximum Gasteiger partial charge on any atom is 0.160 e. The van der Waals surface area contributed by atoms with Gasteiger partial charge in [0, 0.05) is 5.56 Å². The molecule has 1 nitrogen and oxygen atoms in total. The van der Waals surface area contributed by atoms with Gasteiger partial charge in [-0.15, -0.1) is 0 Å². The molecule has 100 valence electrons. The van der Waals surface area contributed by atoms with Gasteiger partial charge in [0.2, 0.25) is 0 Å². The molecule has 0 amide bonds. The zero-order valence-corrected chi connectivity index (χ0v) is 13.1. The fourth-order valence-electron chi connectivity index (χ4n) is 1.21. The molecule has 0 atom stereocenters. The van der Waals surface area contributed by atoms with Gasteiger partial charge in [-0.1, -0.05) is 65.3 Å². The molecule has 0 unspecified atom stereocenters. The van der Waals surface area contributed by atoms with Crippen molar-refractivity contribution in [3.63, 3.8) is 0 Å². The lowest BCUT2D eigenvalue weighted by Crippen LogP contribution is -1.95. The lowest BCUT2D eigenvalue weighted by molar-refractivity contribution is 0.101. The van der Waals surface area contributed by atoms with Gasteiger partial charge in [0.1, 0.15) is 0 Å². The first-order valence-electron chi connectivity index (χ1n) is 6.69. The molecule has 0 spiro atoms. The predicted octanol–water partition coefficient (Wildman–Crippen LogP) is 5.58. The molecular weight excluding hydrogens is 208 g/mol. The molecule has 0 fully saturated rings. The van der Waals surface area contributed by atoms with Crippen molar-refractivity contribution < 1.29 is 4.79 Å². The molecule has 0 saturated carbocycles. The summed E-state index contributed by atoms with van der Waals surface area (Å²) in [6.45, 7) is 17.6. The van der Waals surface area contributed by atoms with E-state index in [1.54, 1.807) is 6.92 Å². The average molecular weight is 238 g/mol. The third kappa shape index (κ3) is 9.80. The standard InChI is InChI=1S/C10H12O.3C2H6/c1-7-4-5-10(9(3)11)8(2)6-7;3*1-2/h4-6H,1-3H3;3*1-2H3. The molecule has 0 aliphatic heterocycles.